The Kier molecular flexibility index (Phi) is 118. The molecule has 0 aliphatic rings. The Morgan fingerprint density at radius 3 is 1.00 bits per heavy atom. The van der Waals surface area contributed by atoms with Gasteiger partial charge in [0.15, 0.2) is 0 Å². The number of hydrogen-bond acceptors (Lipinski definition) is 2. The van der Waals surface area contributed by atoms with Crippen molar-refractivity contribution >= 4 is 12.8 Å². The van der Waals surface area contributed by atoms with Gasteiger partial charge in [-0.3, -0.25) is 0 Å². The average Bonchev–Trinajstić information content (AvgIpc) is 1.39. The molecule has 7 heavy (non-hydrogen) atoms. The molecule has 0 saturated carbocycles. The van der Waals surface area contributed by atoms with Crippen molar-refractivity contribution in [2.24, 2.45) is 11.5 Å². The molecule has 0 bridgehead atoms. The van der Waals surface area contributed by atoms with Crippen molar-refractivity contribution in [1.29, 1.82) is 0 Å². The predicted octanol–water partition coefficient (Wildman–Crippen LogP) is -1.98. The van der Waals surface area contributed by atoms with Crippen molar-refractivity contribution in [3.63, 3.8) is 0 Å². The number of carbonyl (C=O) groups excluding carboxylic acids is 2. The minimum Gasteiger partial charge on any atom is -0.543 e. The van der Waals surface area contributed by atoms with Crippen LogP contribution in [0.3, 0.4) is 0 Å². The monoisotopic (exact) mass is 147 g/mol. The van der Waals surface area contributed by atoms with E-state index in [-0.39, 0.29) is 16.8 Å². The maximum atomic E-state index is 8.46. The van der Waals surface area contributed by atoms with Crippen molar-refractivity contribution in [2.45, 2.75) is 0 Å². The van der Waals surface area contributed by atoms with Crippen molar-refractivity contribution in [3.8, 4) is 0 Å². The van der Waals surface area contributed by atoms with Crippen LogP contribution in [-0.4, -0.2) is 12.8 Å². The summed E-state index contributed by atoms with van der Waals surface area (Å²) in [5, 5.41) is 0. The molecule has 0 unspecified atom stereocenters. The Balaban J connectivity index is -0.0000000400. The average molecular weight is 147 g/mol. The van der Waals surface area contributed by atoms with Gasteiger partial charge < -0.3 is 21.1 Å². The Morgan fingerprint density at radius 2 is 1.00 bits per heavy atom. The molecule has 43 valence electrons. The normalized spacial score (nSPS) is 3.43. The van der Waals surface area contributed by atoms with Crippen LogP contribution in [0.5, 0.6) is 0 Å². The summed E-state index contributed by atoms with van der Waals surface area (Å²) in [7, 11) is 0. The number of amides is 2. The minimum atomic E-state index is 0. The second-order valence-electron chi connectivity index (χ2n) is 0.236. The number of nitrogens with two attached hydrogens (primary N) is 2. The van der Waals surface area contributed by atoms with Crippen LogP contribution in [0.4, 0.5) is 0 Å². The Morgan fingerprint density at radius 1 is 1.00 bits per heavy atom. The molecule has 2 amide bonds. The number of primary amides is 2. The van der Waals surface area contributed by atoms with Crippen LogP contribution in [0, 0.1) is 0 Å². The van der Waals surface area contributed by atoms with E-state index >= 15 is 0 Å². The fourth-order valence-corrected chi connectivity index (χ4v) is 0. The number of rotatable bonds is 0. The van der Waals surface area contributed by atoms with Gasteiger partial charge in [0.05, 0.1) is 0 Å². The molecular formula is C2H4CoN2O2. The molecule has 0 aromatic carbocycles. The van der Waals surface area contributed by atoms with Crippen LogP contribution < -0.4 is 11.5 Å². The molecule has 0 aromatic heterocycles. The molecule has 4 nitrogen and oxygen atoms in total. The van der Waals surface area contributed by atoms with E-state index in [9.17, 15) is 0 Å². The molecule has 0 spiro atoms. The molecule has 0 aromatic rings. The van der Waals surface area contributed by atoms with E-state index in [1.807, 2.05) is 0 Å². The van der Waals surface area contributed by atoms with Crippen LogP contribution in [0.15, 0.2) is 0 Å². The molecule has 0 saturated heterocycles. The van der Waals surface area contributed by atoms with Gasteiger partial charge in [0.1, 0.15) is 0 Å². The second kappa shape index (κ2) is 51.5. The zero-order valence-corrected chi connectivity index (χ0v) is 4.35. The summed E-state index contributed by atoms with van der Waals surface area (Å²) in [5.41, 5.74) is 8.08. The van der Waals surface area contributed by atoms with Crippen molar-refractivity contribution in [1.82, 2.24) is 0 Å². The largest absolute Gasteiger partial charge is 2.00 e. The maximum absolute atomic E-state index is 8.46. The Hall–Kier alpha value is -0.554. The molecule has 0 heterocycles. The van der Waals surface area contributed by atoms with E-state index in [1.54, 1.807) is 0 Å². The van der Waals surface area contributed by atoms with E-state index < -0.39 is 0 Å². The summed E-state index contributed by atoms with van der Waals surface area (Å²) in [6.45, 7) is 0. The third-order valence-electron chi connectivity index (χ3n) is 0. The number of hydrogen-bond donors (Lipinski definition) is 2. The summed E-state index contributed by atoms with van der Waals surface area (Å²) >= 11 is 0. The molecule has 0 aliphatic carbocycles. The summed E-state index contributed by atoms with van der Waals surface area (Å²) in [4.78, 5) is 16.9. The maximum Gasteiger partial charge on any atom is 2.00 e. The van der Waals surface area contributed by atoms with Crippen LogP contribution in [0.2, 0.25) is 0 Å². The smallest absolute Gasteiger partial charge is 0.543 e. The van der Waals surface area contributed by atoms with Crippen LogP contribution in [0.25, 0.3) is 0 Å². The third-order valence-corrected chi connectivity index (χ3v) is 0. The topological polar surface area (TPSA) is 86.2 Å². The van der Waals surface area contributed by atoms with E-state index in [1.165, 1.54) is 0 Å². The second-order valence-corrected chi connectivity index (χ2v) is 0.236. The van der Waals surface area contributed by atoms with Gasteiger partial charge in [0.25, 0.3) is 0 Å². The molecule has 0 atom stereocenters. The van der Waals surface area contributed by atoms with Gasteiger partial charge in [-0.15, -0.1) is 0 Å². The van der Waals surface area contributed by atoms with Gasteiger partial charge in [-0.05, 0) is 0 Å². The molecule has 0 fully saturated rings. The first-order chi connectivity index (χ1) is 2.83. The molecular weight excluding hydrogens is 143 g/mol. The zero-order valence-electron chi connectivity index (χ0n) is 3.30. The predicted molar refractivity (Wildman–Crippen MR) is 19.8 cm³/mol. The van der Waals surface area contributed by atoms with Gasteiger partial charge in [0, 0.05) is 0 Å². The van der Waals surface area contributed by atoms with Gasteiger partial charge in [-0.1, -0.05) is 0 Å². The SMILES string of the molecule is N[C-]=O.N[C-]=O.[Co+2]. The summed E-state index contributed by atoms with van der Waals surface area (Å²) in [5.74, 6) is 0. The fraction of sp³-hybridized carbons (Fsp3) is 0. The first-order valence-corrected chi connectivity index (χ1v) is 0.986. The molecule has 0 rings (SSSR count). The van der Waals surface area contributed by atoms with Crippen LogP contribution in [0.1, 0.15) is 0 Å². The van der Waals surface area contributed by atoms with Gasteiger partial charge in [-0.2, -0.15) is 12.8 Å². The van der Waals surface area contributed by atoms with E-state index in [0.29, 0.717) is 0 Å². The van der Waals surface area contributed by atoms with Crippen molar-refractivity contribution in [3.05, 3.63) is 0 Å². The van der Waals surface area contributed by atoms with Crippen LogP contribution >= 0.6 is 0 Å². The summed E-state index contributed by atoms with van der Waals surface area (Å²) in [6, 6.07) is 0. The standard InChI is InChI=1S/2CH2NO.Co/c2*2-1-3;/h2*(H2,2,3);/q2*-1;+2. The van der Waals surface area contributed by atoms with Crippen molar-refractivity contribution < 1.29 is 26.4 Å². The summed E-state index contributed by atoms with van der Waals surface area (Å²) in [6.07, 6.45) is 2.00. The third kappa shape index (κ3) is 211. The molecule has 1 radical (unpaired) electrons. The van der Waals surface area contributed by atoms with Gasteiger partial charge in [-0.25, -0.2) is 0 Å². The Labute approximate surface area is 51.4 Å². The van der Waals surface area contributed by atoms with Crippen molar-refractivity contribution in [2.75, 3.05) is 0 Å². The molecule has 4 N–H and O–H groups in total. The zero-order chi connectivity index (χ0) is 5.41. The van der Waals surface area contributed by atoms with E-state index in [0.717, 1.165) is 12.8 Å². The Bertz CT molecular complexity index is 34.7. The van der Waals surface area contributed by atoms with Crippen LogP contribution in [-0.2, 0) is 26.4 Å². The van der Waals surface area contributed by atoms with E-state index in [2.05, 4.69) is 11.5 Å². The molecule has 0 aliphatic heterocycles. The first-order valence-electron chi connectivity index (χ1n) is 0.986. The minimum absolute atomic E-state index is 0. The first kappa shape index (κ1) is 16.1. The fourth-order valence-electron chi connectivity index (χ4n) is 0. The van der Waals surface area contributed by atoms with Gasteiger partial charge in [0.2, 0.25) is 0 Å². The molecule has 5 heteroatoms. The summed E-state index contributed by atoms with van der Waals surface area (Å²) < 4.78 is 0. The van der Waals surface area contributed by atoms with E-state index in [4.69, 9.17) is 9.59 Å². The van der Waals surface area contributed by atoms with Gasteiger partial charge >= 0.3 is 16.8 Å². The quantitative estimate of drug-likeness (QED) is 0.307.